The van der Waals surface area contributed by atoms with E-state index >= 15 is 0 Å². The lowest BCUT2D eigenvalue weighted by atomic mass is 9.90. The number of aromatic nitrogens is 2. The van der Waals surface area contributed by atoms with Gasteiger partial charge in [-0.25, -0.2) is 9.97 Å². The largest absolute Gasteiger partial charge is 0.243 e. The Hall–Kier alpha value is -9.24. The van der Waals surface area contributed by atoms with E-state index in [9.17, 15) is 0 Å². The zero-order chi connectivity index (χ0) is 46.1. The first-order chi connectivity index (χ1) is 34.7. The normalized spacial score (nSPS) is 11.7. The zero-order valence-corrected chi connectivity index (χ0v) is 38.1. The van der Waals surface area contributed by atoms with Gasteiger partial charge in [0.25, 0.3) is 0 Å². The number of hydrogen-bond acceptors (Lipinski definition) is 2. The number of benzene rings is 13. The van der Waals surface area contributed by atoms with Crippen LogP contribution in [-0.2, 0) is 0 Å². The van der Waals surface area contributed by atoms with Gasteiger partial charge in [-0.3, -0.25) is 0 Å². The summed E-state index contributed by atoms with van der Waals surface area (Å²) < 4.78 is 0. The summed E-state index contributed by atoms with van der Waals surface area (Å²) in [6.45, 7) is 0. The number of rotatable bonds is 6. The summed E-state index contributed by atoms with van der Waals surface area (Å²) >= 11 is 0. The van der Waals surface area contributed by atoms with E-state index in [2.05, 4.69) is 255 Å². The molecule has 0 aliphatic heterocycles. The van der Waals surface area contributed by atoms with Crippen molar-refractivity contribution in [3.05, 3.63) is 255 Å². The van der Waals surface area contributed by atoms with Gasteiger partial charge in [0.1, 0.15) is 0 Å². The molecule has 2 heteroatoms. The van der Waals surface area contributed by atoms with Crippen molar-refractivity contribution >= 4 is 75.7 Å². The van der Waals surface area contributed by atoms with Crippen LogP contribution in [0.25, 0.3) is 143 Å². The monoisotopic (exact) mass is 886 g/mol. The van der Waals surface area contributed by atoms with E-state index in [-0.39, 0.29) is 0 Å². The zero-order valence-electron chi connectivity index (χ0n) is 38.1. The topological polar surface area (TPSA) is 25.8 Å². The molecule has 1 heterocycles. The van der Waals surface area contributed by atoms with Gasteiger partial charge in [0.05, 0.1) is 22.4 Å². The number of fused-ring (bicyclic) bond motifs is 7. The van der Waals surface area contributed by atoms with E-state index in [1.165, 1.54) is 75.8 Å². The van der Waals surface area contributed by atoms with Gasteiger partial charge in [0.15, 0.2) is 0 Å². The molecule has 324 valence electrons. The van der Waals surface area contributed by atoms with Gasteiger partial charge in [0.2, 0.25) is 0 Å². The first-order valence-corrected chi connectivity index (χ1v) is 24.0. The van der Waals surface area contributed by atoms with Crippen LogP contribution in [0, 0.1) is 0 Å². The third-order valence-corrected chi connectivity index (χ3v) is 14.4. The van der Waals surface area contributed by atoms with Crippen molar-refractivity contribution in [1.82, 2.24) is 9.97 Å². The second-order valence-electron chi connectivity index (χ2n) is 18.4. The highest BCUT2D eigenvalue weighted by Crippen LogP contribution is 2.43. The molecule has 0 aliphatic rings. The fraction of sp³-hybridized carbons (Fsp3) is 0. The summed E-state index contributed by atoms with van der Waals surface area (Å²) in [5.74, 6) is 0. The molecule has 1 aromatic heterocycles. The molecular weight excluding hydrogens is 845 g/mol. The van der Waals surface area contributed by atoms with Crippen LogP contribution >= 0.6 is 0 Å². The molecule has 0 spiro atoms. The second kappa shape index (κ2) is 16.2. The summed E-state index contributed by atoms with van der Waals surface area (Å²) in [4.78, 5) is 11.7. The predicted molar refractivity (Wildman–Crippen MR) is 297 cm³/mol. The summed E-state index contributed by atoms with van der Waals surface area (Å²) in [6.07, 6.45) is 0. The van der Waals surface area contributed by atoms with Crippen LogP contribution in [0.15, 0.2) is 255 Å². The van der Waals surface area contributed by atoms with E-state index in [0.29, 0.717) is 0 Å². The summed E-state index contributed by atoms with van der Waals surface area (Å²) in [5, 5.41) is 14.6. The van der Waals surface area contributed by atoms with Crippen LogP contribution < -0.4 is 0 Å². The molecule has 14 aromatic rings. The van der Waals surface area contributed by atoms with Crippen LogP contribution in [0.4, 0.5) is 0 Å². The van der Waals surface area contributed by atoms with Crippen molar-refractivity contribution in [2.45, 2.75) is 0 Å². The number of hydrogen-bond donors (Lipinski definition) is 0. The van der Waals surface area contributed by atoms with Crippen molar-refractivity contribution in [3.63, 3.8) is 0 Å². The molecule has 0 amide bonds. The summed E-state index contributed by atoms with van der Waals surface area (Å²) in [5.41, 5.74) is 14.5. The van der Waals surface area contributed by atoms with Gasteiger partial charge >= 0.3 is 0 Å². The van der Waals surface area contributed by atoms with Crippen molar-refractivity contribution in [2.75, 3.05) is 0 Å². The highest BCUT2D eigenvalue weighted by Gasteiger charge is 2.21. The van der Waals surface area contributed by atoms with Gasteiger partial charge in [-0.2, -0.15) is 0 Å². The molecule has 70 heavy (non-hydrogen) atoms. The van der Waals surface area contributed by atoms with Crippen LogP contribution in [0.3, 0.4) is 0 Å². The molecule has 13 aromatic carbocycles. The fourth-order valence-corrected chi connectivity index (χ4v) is 11.0. The van der Waals surface area contributed by atoms with Crippen molar-refractivity contribution < 1.29 is 0 Å². The van der Waals surface area contributed by atoms with Crippen LogP contribution in [0.1, 0.15) is 0 Å². The lowest BCUT2D eigenvalue weighted by Gasteiger charge is -2.17. The molecule has 0 bridgehead atoms. The molecule has 0 atom stereocenters. The molecule has 2 nitrogen and oxygen atoms in total. The van der Waals surface area contributed by atoms with E-state index in [0.717, 1.165) is 66.9 Å². The third-order valence-electron chi connectivity index (χ3n) is 14.4. The average molecular weight is 887 g/mol. The maximum Gasteiger partial charge on any atom is 0.0979 e. The lowest BCUT2D eigenvalue weighted by molar-refractivity contribution is 1.29. The summed E-state index contributed by atoms with van der Waals surface area (Å²) in [6, 6.07) is 92.5. The van der Waals surface area contributed by atoms with Crippen LogP contribution in [-0.4, -0.2) is 9.97 Å². The molecule has 0 saturated heterocycles. The smallest absolute Gasteiger partial charge is 0.0979 e. The Morgan fingerprint density at radius 3 is 0.843 bits per heavy atom. The van der Waals surface area contributed by atoms with Gasteiger partial charge in [-0.05, 0) is 122 Å². The van der Waals surface area contributed by atoms with E-state index in [4.69, 9.17) is 9.97 Å². The van der Waals surface area contributed by atoms with E-state index < -0.39 is 0 Å². The Morgan fingerprint density at radius 1 is 0.200 bits per heavy atom. The van der Waals surface area contributed by atoms with Crippen molar-refractivity contribution in [3.8, 4) is 67.0 Å². The molecule has 0 unspecified atom stereocenters. The first-order valence-electron chi connectivity index (χ1n) is 24.0. The Morgan fingerprint density at radius 2 is 0.486 bits per heavy atom. The highest BCUT2D eigenvalue weighted by molar-refractivity contribution is 6.14. The van der Waals surface area contributed by atoms with Crippen molar-refractivity contribution in [1.29, 1.82) is 0 Å². The standard InChI is InChI=1S/C68H42N2/c1-3-15-49-39-55(35-25-43(49)13-1)61-37-38-62(56-36-26-44-14-2-4-16-50(44)40-56)68-67(61)69-65(47-31-27-45(28-32-47)63-57-21-9-5-17-51(57)41-52-18-6-10-22-58(52)63)66(70-68)48-33-29-46(30-34-48)64-59-23-11-7-19-53(59)42-54-20-8-12-24-60(54)64/h1-42H. The van der Waals surface area contributed by atoms with E-state index in [1.54, 1.807) is 0 Å². The van der Waals surface area contributed by atoms with Crippen LogP contribution in [0.2, 0.25) is 0 Å². The Balaban J connectivity index is 1.02. The maximum absolute atomic E-state index is 5.83. The quantitative estimate of drug-likeness (QED) is 0.156. The maximum atomic E-state index is 5.83. The van der Waals surface area contributed by atoms with Gasteiger partial charge in [-0.15, -0.1) is 0 Å². The minimum Gasteiger partial charge on any atom is -0.243 e. The lowest BCUT2D eigenvalue weighted by Crippen LogP contribution is -1.99. The van der Waals surface area contributed by atoms with Gasteiger partial charge in [-0.1, -0.05) is 231 Å². The Labute approximate surface area is 405 Å². The Kier molecular flexibility index (Phi) is 9.25. The highest BCUT2D eigenvalue weighted by atomic mass is 14.8. The molecule has 0 aliphatic carbocycles. The third kappa shape index (κ3) is 6.64. The van der Waals surface area contributed by atoms with Gasteiger partial charge < -0.3 is 0 Å². The van der Waals surface area contributed by atoms with E-state index in [1.807, 2.05) is 0 Å². The predicted octanol–water partition coefficient (Wildman–Crippen LogP) is 18.6. The van der Waals surface area contributed by atoms with Crippen molar-refractivity contribution in [2.24, 2.45) is 0 Å². The molecular formula is C68H42N2. The fourth-order valence-electron chi connectivity index (χ4n) is 11.0. The Bertz CT molecular complexity index is 4000. The molecule has 0 radical (unpaired) electrons. The summed E-state index contributed by atoms with van der Waals surface area (Å²) in [7, 11) is 0. The minimum atomic E-state index is 0.836. The molecule has 0 N–H and O–H groups in total. The van der Waals surface area contributed by atoms with Gasteiger partial charge in [0, 0.05) is 22.3 Å². The molecule has 0 fully saturated rings. The number of nitrogens with zero attached hydrogens (tertiary/aromatic N) is 2. The average Bonchev–Trinajstić information content (AvgIpc) is 3.43. The molecule has 14 rings (SSSR count). The first kappa shape index (κ1) is 39.9. The molecule has 0 saturated carbocycles. The minimum absolute atomic E-state index is 0.836. The second-order valence-corrected chi connectivity index (χ2v) is 18.4. The van der Waals surface area contributed by atoms with Crippen LogP contribution in [0.5, 0.6) is 0 Å². The SMILES string of the molecule is c1ccc2cc(-c3ccc(-c4ccc5ccccc5c4)c4nc(-c5ccc(-c6c7ccccc7cc7ccccc67)cc5)c(-c5ccc(-c6c7ccccc7cc7ccccc67)cc5)nc34)ccc2c1.